The molecule has 2 aliphatic rings. The van der Waals surface area contributed by atoms with Gasteiger partial charge in [-0.25, -0.2) is 19.2 Å². The van der Waals surface area contributed by atoms with Crippen molar-refractivity contribution in [3.8, 4) is 0 Å². The molecule has 2 aromatic heterocycles. The lowest BCUT2D eigenvalue weighted by Crippen LogP contribution is -2.43. The molecule has 3 aromatic rings. The molecule has 1 saturated heterocycles. The number of fused-ring (bicyclic) bond motifs is 1. The second-order valence-corrected chi connectivity index (χ2v) is 8.55. The van der Waals surface area contributed by atoms with Gasteiger partial charge < -0.3 is 14.8 Å². The minimum absolute atomic E-state index is 0.168. The van der Waals surface area contributed by atoms with Crippen molar-refractivity contribution in [2.45, 2.75) is 45.1 Å². The Bertz CT molecular complexity index is 1090. The summed E-state index contributed by atoms with van der Waals surface area (Å²) in [5, 5.41) is 2.84. The van der Waals surface area contributed by atoms with Gasteiger partial charge in [-0.05, 0) is 68.4 Å². The normalized spacial score (nSPS) is 19.3. The lowest BCUT2D eigenvalue weighted by atomic mass is 9.98. The van der Waals surface area contributed by atoms with Gasteiger partial charge in [0.2, 0.25) is 0 Å². The molecule has 7 heteroatoms. The number of aromatic nitrogens is 3. The van der Waals surface area contributed by atoms with Gasteiger partial charge in [-0.3, -0.25) is 0 Å². The number of nitrogens with zero attached hydrogens (tertiary/aromatic N) is 4. The van der Waals surface area contributed by atoms with Crippen LogP contribution in [0.25, 0.3) is 11.2 Å². The monoisotopic (exact) mass is 407 g/mol. The van der Waals surface area contributed by atoms with Crippen molar-refractivity contribution in [3.05, 3.63) is 53.7 Å². The number of urea groups is 1. The highest BCUT2D eigenvalue weighted by molar-refractivity contribution is 5.89. The molecule has 0 radical (unpaired) electrons. The predicted octanol–water partition coefficient (Wildman–Crippen LogP) is 4.70. The molecule has 6 nitrogen and oxygen atoms in total. The van der Waals surface area contributed by atoms with Crippen LogP contribution in [0.4, 0.5) is 14.9 Å². The molecule has 2 amide bonds. The van der Waals surface area contributed by atoms with Gasteiger partial charge in [0, 0.05) is 37.4 Å². The molecule has 5 rings (SSSR count). The number of hydrogen-bond donors (Lipinski definition) is 1. The van der Waals surface area contributed by atoms with Crippen molar-refractivity contribution < 1.29 is 9.18 Å². The zero-order chi connectivity index (χ0) is 20.7. The molecule has 1 unspecified atom stereocenters. The summed E-state index contributed by atoms with van der Waals surface area (Å²) in [6, 6.07) is 8.57. The van der Waals surface area contributed by atoms with E-state index in [2.05, 4.69) is 14.9 Å². The Hall–Kier alpha value is -2.96. The van der Waals surface area contributed by atoms with Gasteiger partial charge >= 0.3 is 6.03 Å². The second-order valence-electron chi connectivity index (χ2n) is 8.55. The van der Waals surface area contributed by atoms with Crippen molar-refractivity contribution in [2.75, 3.05) is 18.4 Å². The number of pyridine rings is 1. The molecule has 1 atom stereocenters. The van der Waals surface area contributed by atoms with Crippen LogP contribution < -0.4 is 5.32 Å². The fourth-order valence-corrected chi connectivity index (χ4v) is 4.34. The quantitative estimate of drug-likeness (QED) is 0.682. The third-order valence-corrected chi connectivity index (χ3v) is 6.15. The summed E-state index contributed by atoms with van der Waals surface area (Å²) in [6.45, 7) is 3.93. The van der Waals surface area contributed by atoms with Crippen LogP contribution >= 0.6 is 0 Å². The van der Waals surface area contributed by atoms with E-state index in [1.165, 1.54) is 18.9 Å². The second kappa shape index (κ2) is 7.70. The molecular formula is C23H26FN5O. The minimum atomic E-state index is -0.309. The zero-order valence-corrected chi connectivity index (χ0v) is 17.1. The number of piperidine rings is 1. The Labute approximate surface area is 175 Å². The van der Waals surface area contributed by atoms with Crippen LogP contribution in [-0.2, 0) is 6.54 Å². The van der Waals surface area contributed by atoms with Crippen LogP contribution in [0.2, 0.25) is 0 Å². The molecule has 1 N–H and O–H groups in total. The Balaban J connectivity index is 1.30. The molecule has 156 valence electrons. The summed E-state index contributed by atoms with van der Waals surface area (Å²) in [6.07, 6.45) is 6.22. The summed E-state index contributed by atoms with van der Waals surface area (Å²) < 4.78 is 16.1. The van der Waals surface area contributed by atoms with E-state index in [0.29, 0.717) is 29.6 Å². The fraction of sp³-hybridized carbons (Fsp3) is 0.435. The van der Waals surface area contributed by atoms with Crippen LogP contribution in [0, 0.1) is 18.7 Å². The van der Waals surface area contributed by atoms with E-state index in [1.54, 1.807) is 19.1 Å². The number of carbonyl (C=O) groups excluding carboxylic acids is 1. The molecule has 30 heavy (non-hydrogen) atoms. The smallest absolute Gasteiger partial charge is 0.321 e. The van der Waals surface area contributed by atoms with Gasteiger partial charge in [0.25, 0.3) is 0 Å². The Kier molecular flexibility index (Phi) is 4.89. The molecule has 1 aliphatic carbocycles. The zero-order valence-electron chi connectivity index (χ0n) is 17.1. The Morgan fingerprint density at radius 1 is 1.27 bits per heavy atom. The van der Waals surface area contributed by atoms with E-state index in [9.17, 15) is 9.18 Å². The summed E-state index contributed by atoms with van der Waals surface area (Å²) in [7, 11) is 0. The number of anilines is 1. The maximum atomic E-state index is 13.8. The van der Waals surface area contributed by atoms with Gasteiger partial charge in [0.05, 0.1) is 0 Å². The van der Waals surface area contributed by atoms with Crippen molar-refractivity contribution in [3.63, 3.8) is 0 Å². The number of rotatable bonds is 4. The van der Waals surface area contributed by atoms with Crippen LogP contribution in [-0.4, -0.2) is 38.6 Å². The third kappa shape index (κ3) is 3.76. The average Bonchev–Trinajstić information content (AvgIpc) is 3.54. The van der Waals surface area contributed by atoms with Crippen LogP contribution in [0.3, 0.4) is 0 Å². The molecule has 3 heterocycles. The van der Waals surface area contributed by atoms with Gasteiger partial charge in [-0.15, -0.1) is 0 Å². The number of carbonyl (C=O) groups is 1. The van der Waals surface area contributed by atoms with Gasteiger partial charge in [-0.1, -0.05) is 6.07 Å². The lowest BCUT2D eigenvalue weighted by molar-refractivity contribution is 0.170. The highest BCUT2D eigenvalue weighted by atomic mass is 19.1. The lowest BCUT2D eigenvalue weighted by Gasteiger charge is -2.33. The molecule has 1 aliphatic heterocycles. The highest BCUT2D eigenvalue weighted by Gasteiger charge is 2.32. The molecule has 2 fully saturated rings. The van der Waals surface area contributed by atoms with Crippen molar-refractivity contribution in [1.29, 1.82) is 0 Å². The highest BCUT2D eigenvalue weighted by Crippen LogP contribution is 2.41. The Morgan fingerprint density at radius 3 is 2.93 bits per heavy atom. The van der Waals surface area contributed by atoms with Gasteiger partial charge in [0.1, 0.15) is 17.2 Å². The summed E-state index contributed by atoms with van der Waals surface area (Å²) in [5.74, 6) is 1.71. The largest absolute Gasteiger partial charge is 0.324 e. The number of halogens is 1. The first-order chi connectivity index (χ1) is 14.6. The van der Waals surface area contributed by atoms with E-state index < -0.39 is 0 Å². The minimum Gasteiger partial charge on any atom is -0.324 e. The standard InChI is InChI=1S/C23H26FN5O/c1-15-6-9-18(12-19(15)24)26-23(30)28-11-3-4-16(13-28)14-29-21(17-7-8-17)27-20-5-2-10-25-22(20)29/h2,5-6,9-10,12,16-17H,3-4,7-8,11,13-14H2,1H3,(H,26,30). The number of nitrogens with one attached hydrogen (secondary N) is 1. The number of imidazole rings is 1. The summed E-state index contributed by atoms with van der Waals surface area (Å²) in [4.78, 5) is 24.0. The maximum absolute atomic E-state index is 13.8. The van der Waals surface area contributed by atoms with Crippen molar-refractivity contribution in [1.82, 2.24) is 19.4 Å². The van der Waals surface area contributed by atoms with Crippen LogP contribution in [0.15, 0.2) is 36.5 Å². The summed E-state index contributed by atoms with van der Waals surface area (Å²) >= 11 is 0. The van der Waals surface area contributed by atoms with E-state index in [0.717, 1.165) is 42.9 Å². The molecule has 0 bridgehead atoms. The Morgan fingerprint density at radius 2 is 2.13 bits per heavy atom. The predicted molar refractivity (Wildman–Crippen MR) is 114 cm³/mol. The van der Waals surface area contributed by atoms with E-state index >= 15 is 0 Å². The number of hydrogen-bond acceptors (Lipinski definition) is 3. The van der Waals surface area contributed by atoms with Gasteiger partial charge in [-0.2, -0.15) is 0 Å². The fourth-order valence-electron chi connectivity index (χ4n) is 4.34. The number of benzene rings is 1. The van der Waals surface area contributed by atoms with Crippen molar-refractivity contribution >= 4 is 22.9 Å². The summed E-state index contributed by atoms with van der Waals surface area (Å²) in [5.41, 5.74) is 2.95. The first-order valence-corrected chi connectivity index (χ1v) is 10.7. The van der Waals surface area contributed by atoms with Crippen LogP contribution in [0.1, 0.15) is 43.0 Å². The maximum Gasteiger partial charge on any atom is 0.321 e. The van der Waals surface area contributed by atoms with Crippen LogP contribution in [0.5, 0.6) is 0 Å². The van der Waals surface area contributed by atoms with Crippen molar-refractivity contribution in [2.24, 2.45) is 5.92 Å². The molecule has 0 spiro atoms. The first kappa shape index (κ1) is 19.0. The SMILES string of the molecule is Cc1ccc(NC(=O)N2CCCC(Cn3c(C4CC4)nc4cccnc43)C2)cc1F. The number of likely N-dealkylation sites (tertiary alicyclic amines) is 1. The molecule has 1 aromatic carbocycles. The number of amides is 2. The topological polar surface area (TPSA) is 63.1 Å². The number of aryl methyl sites for hydroxylation is 1. The van der Waals surface area contributed by atoms with E-state index in [4.69, 9.17) is 4.98 Å². The van der Waals surface area contributed by atoms with E-state index in [1.807, 2.05) is 23.2 Å². The average molecular weight is 407 g/mol. The molecule has 1 saturated carbocycles. The van der Waals surface area contributed by atoms with E-state index in [-0.39, 0.29) is 11.8 Å². The molecular weight excluding hydrogens is 381 g/mol. The first-order valence-electron chi connectivity index (χ1n) is 10.7. The van der Waals surface area contributed by atoms with Gasteiger partial charge in [0.15, 0.2) is 5.65 Å². The third-order valence-electron chi connectivity index (χ3n) is 6.15.